The second kappa shape index (κ2) is 10.7. The van der Waals surface area contributed by atoms with Gasteiger partial charge in [0.05, 0.1) is 25.8 Å². The predicted octanol–water partition coefficient (Wildman–Crippen LogP) is 1.78. The first-order valence-corrected chi connectivity index (χ1v) is 12.4. The number of ether oxygens (including phenoxy) is 2. The molecule has 1 aromatic heterocycles. The molecular weight excluding hydrogens is 482 g/mol. The smallest absolute Gasteiger partial charge is 0.334 e. The zero-order chi connectivity index (χ0) is 25.9. The Morgan fingerprint density at radius 3 is 2.62 bits per heavy atom. The number of benzene rings is 1. The second-order valence-corrected chi connectivity index (χ2v) is 9.57. The number of aromatic nitrogens is 2. The van der Waals surface area contributed by atoms with Crippen molar-refractivity contribution in [2.24, 2.45) is 11.8 Å². The van der Waals surface area contributed by atoms with Gasteiger partial charge in [-0.15, -0.1) is 0 Å². The number of hydrogen-bond donors (Lipinski definition) is 0. The van der Waals surface area contributed by atoms with E-state index >= 15 is 0 Å². The fourth-order valence-corrected chi connectivity index (χ4v) is 4.60. The molecule has 1 atom stereocenters. The van der Waals surface area contributed by atoms with E-state index in [4.69, 9.17) is 14.0 Å². The summed E-state index contributed by atoms with van der Waals surface area (Å²) in [6, 6.07) is 6.58. The van der Waals surface area contributed by atoms with E-state index in [9.17, 15) is 19.2 Å². The Morgan fingerprint density at radius 1 is 1.11 bits per heavy atom. The van der Waals surface area contributed by atoms with E-state index in [1.807, 2.05) is 18.2 Å². The first-order valence-electron chi connectivity index (χ1n) is 12.4. The lowest BCUT2D eigenvalue weighted by molar-refractivity contribution is -0.143. The number of carbonyl (C=O) groups excluding carboxylic acids is 4. The average Bonchev–Trinajstić information content (AvgIpc) is 3.60. The minimum atomic E-state index is -0.918. The lowest BCUT2D eigenvalue weighted by atomic mass is 10.0. The minimum Gasteiger partial charge on any atom is -0.495 e. The van der Waals surface area contributed by atoms with Crippen LogP contribution in [0.2, 0.25) is 0 Å². The summed E-state index contributed by atoms with van der Waals surface area (Å²) in [5.74, 6) is -0.950. The third kappa shape index (κ3) is 5.48. The molecule has 2 aliphatic heterocycles. The molecule has 0 bridgehead atoms. The minimum absolute atomic E-state index is 0.0323. The van der Waals surface area contributed by atoms with Crippen LogP contribution in [0.1, 0.15) is 37.4 Å². The highest BCUT2D eigenvalue weighted by Crippen LogP contribution is 2.32. The number of rotatable bonds is 10. The van der Waals surface area contributed by atoms with Gasteiger partial charge in [-0.1, -0.05) is 17.3 Å². The van der Waals surface area contributed by atoms with Crippen LogP contribution in [-0.4, -0.2) is 77.1 Å². The predicted molar refractivity (Wildman–Crippen MR) is 127 cm³/mol. The topological polar surface area (TPSA) is 135 Å². The third-order valence-corrected chi connectivity index (χ3v) is 6.76. The van der Waals surface area contributed by atoms with Crippen LogP contribution in [-0.2, 0) is 32.1 Å². The molecule has 3 heterocycles. The molecule has 0 N–H and O–H groups in total. The summed E-state index contributed by atoms with van der Waals surface area (Å²) >= 11 is 0. The molecular formula is C25H29N5O7. The van der Waals surface area contributed by atoms with Crippen molar-refractivity contribution in [2.75, 3.05) is 38.3 Å². The van der Waals surface area contributed by atoms with Gasteiger partial charge in [-0.2, -0.15) is 4.98 Å². The van der Waals surface area contributed by atoms with Crippen molar-refractivity contribution >= 4 is 29.4 Å². The maximum Gasteiger partial charge on any atom is 0.334 e. The van der Waals surface area contributed by atoms with Gasteiger partial charge in [0.15, 0.2) is 5.82 Å². The van der Waals surface area contributed by atoms with E-state index in [2.05, 4.69) is 10.1 Å². The number of hydrogen-bond acceptors (Lipinski definition) is 9. The average molecular weight is 512 g/mol. The quantitative estimate of drug-likeness (QED) is 0.345. The zero-order valence-corrected chi connectivity index (χ0v) is 20.6. The van der Waals surface area contributed by atoms with E-state index in [0.29, 0.717) is 24.6 Å². The monoisotopic (exact) mass is 511 g/mol. The maximum absolute atomic E-state index is 13.4. The molecule has 3 aliphatic rings. The number of amides is 5. The summed E-state index contributed by atoms with van der Waals surface area (Å²) in [4.78, 5) is 58.3. The highest BCUT2D eigenvalue weighted by molar-refractivity contribution is 6.44. The largest absolute Gasteiger partial charge is 0.495 e. The zero-order valence-electron chi connectivity index (χ0n) is 20.6. The van der Waals surface area contributed by atoms with Crippen molar-refractivity contribution in [2.45, 2.75) is 38.6 Å². The number of anilines is 1. The van der Waals surface area contributed by atoms with Crippen LogP contribution >= 0.6 is 0 Å². The number of imide groups is 2. The molecule has 1 aromatic carbocycles. The molecule has 5 amide bonds. The van der Waals surface area contributed by atoms with E-state index in [0.717, 1.165) is 42.1 Å². The van der Waals surface area contributed by atoms with Gasteiger partial charge >= 0.3 is 17.8 Å². The molecule has 1 saturated carbocycles. The van der Waals surface area contributed by atoms with Crippen LogP contribution in [0.4, 0.5) is 10.5 Å². The van der Waals surface area contributed by atoms with Gasteiger partial charge < -0.3 is 18.9 Å². The van der Waals surface area contributed by atoms with Crippen LogP contribution in [0, 0.1) is 11.8 Å². The van der Waals surface area contributed by atoms with Crippen molar-refractivity contribution in [3.05, 3.63) is 36.0 Å². The van der Waals surface area contributed by atoms with Crippen molar-refractivity contribution < 1.29 is 33.2 Å². The van der Waals surface area contributed by atoms with Gasteiger partial charge in [-0.3, -0.25) is 19.3 Å². The lowest BCUT2D eigenvalue weighted by Gasteiger charge is -2.30. The molecule has 2 saturated heterocycles. The normalized spacial score (nSPS) is 20.0. The summed E-state index contributed by atoms with van der Waals surface area (Å²) < 4.78 is 16.3. The van der Waals surface area contributed by atoms with Crippen molar-refractivity contribution in [3.8, 4) is 5.75 Å². The molecule has 12 nitrogen and oxygen atoms in total. The molecule has 37 heavy (non-hydrogen) atoms. The van der Waals surface area contributed by atoms with Gasteiger partial charge in [-0.05, 0) is 43.7 Å². The Kier molecular flexibility index (Phi) is 7.17. The molecule has 0 unspecified atom stereocenters. The molecule has 0 radical (unpaired) electrons. The first-order chi connectivity index (χ1) is 17.9. The van der Waals surface area contributed by atoms with E-state index < -0.39 is 17.8 Å². The Hall–Kier alpha value is -3.80. The number of nitrogens with zero attached hydrogens (tertiary/aromatic N) is 5. The summed E-state index contributed by atoms with van der Waals surface area (Å²) in [7, 11) is 1.55. The Labute approximate surface area is 213 Å². The van der Waals surface area contributed by atoms with Crippen LogP contribution in [0.5, 0.6) is 5.75 Å². The van der Waals surface area contributed by atoms with Gasteiger partial charge in [0.2, 0.25) is 11.8 Å². The summed E-state index contributed by atoms with van der Waals surface area (Å²) in [5.41, 5.74) is 0.631. The molecule has 0 spiro atoms. The Bertz CT molecular complexity index is 1190. The molecule has 5 rings (SSSR count). The van der Waals surface area contributed by atoms with Crippen molar-refractivity contribution in [1.82, 2.24) is 19.9 Å². The molecule has 196 valence electrons. The molecule has 2 aromatic rings. The van der Waals surface area contributed by atoms with Crippen LogP contribution in [0.3, 0.4) is 0 Å². The van der Waals surface area contributed by atoms with Crippen molar-refractivity contribution in [1.29, 1.82) is 0 Å². The third-order valence-electron chi connectivity index (χ3n) is 6.76. The van der Waals surface area contributed by atoms with Gasteiger partial charge in [-0.25, -0.2) is 9.69 Å². The van der Waals surface area contributed by atoms with E-state index in [1.54, 1.807) is 18.1 Å². The van der Waals surface area contributed by atoms with Gasteiger partial charge in [0.25, 0.3) is 0 Å². The standard InChI is InChI=1S/C25H29N5O7/c1-35-19-7-3-2-6-18(19)28(13-17-5-4-10-36-15-17)22(31)11-20-26-21(37-27-20)14-30-24(33)23(32)29(25(30)34)12-16-8-9-16/h2-3,6-7,16-17H,4-5,8-15H2,1H3/t17-/m1/s1. The SMILES string of the molecule is COc1ccccc1N(C[C@H]1CCCOC1)C(=O)Cc1noc(CN2C(=O)C(=O)N(CC3CC3)C2=O)n1. The fraction of sp³-hybridized carbons (Fsp3) is 0.520. The van der Waals surface area contributed by atoms with Gasteiger partial charge in [0.1, 0.15) is 12.3 Å². The molecule has 3 fully saturated rings. The summed E-state index contributed by atoms with van der Waals surface area (Å²) in [5, 5.41) is 3.87. The number of urea groups is 1. The summed E-state index contributed by atoms with van der Waals surface area (Å²) in [6.07, 6.45) is 3.59. The Morgan fingerprint density at radius 2 is 1.89 bits per heavy atom. The van der Waals surface area contributed by atoms with E-state index in [-0.39, 0.29) is 49.0 Å². The van der Waals surface area contributed by atoms with E-state index in [1.165, 1.54) is 0 Å². The second-order valence-electron chi connectivity index (χ2n) is 9.57. The van der Waals surface area contributed by atoms with Crippen LogP contribution in [0.15, 0.2) is 28.8 Å². The summed E-state index contributed by atoms with van der Waals surface area (Å²) in [6.45, 7) is 1.64. The number of methoxy groups -OCH3 is 1. The number of carbonyl (C=O) groups is 4. The molecule has 1 aliphatic carbocycles. The highest BCUT2D eigenvalue weighted by atomic mass is 16.5. The lowest BCUT2D eigenvalue weighted by Crippen LogP contribution is -2.39. The first kappa shape index (κ1) is 24.9. The van der Waals surface area contributed by atoms with Gasteiger partial charge in [0, 0.05) is 25.6 Å². The van der Waals surface area contributed by atoms with Crippen molar-refractivity contribution in [3.63, 3.8) is 0 Å². The highest BCUT2D eigenvalue weighted by Gasteiger charge is 2.46. The fourth-order valence-electron chi connectivity index (χ4n) is 4.60. The van der Waals surface area contributed by atoms with Crippen LogP contribution in [0.25, 0.3) is 0 Å². The molecule has 12 heteroatoms. The maximum atomic E-state index is 13.4. The number of para-hydroxylation sites is 2. The van der Waals surface area contributed by atoms with Crippen LogP contribution < -0.4 is 9.64 Å². The Balaban J connectivity index is 1.28.